The highest BCUT2D eigenvalue weighted by atomic mass is 16.1. The molecule has 3 N–H and O–H groups in total. The third-order valence-corrected chi connectivity index (χ3v) is 3.58. The molecule has 88 valence electrons. The molecule has 0 aromatic rings. The Bertz CT molecular complexity index is 220. The molecule has 0 spiro atoms. The van der Waals surface area contributed by atoms with Gasteiger partial charge in [0, 0.05) is 19.0 Å². The zero-order valence-corrected chi connectivity index (χ0v) is 10.2. The SMILES string of the molecule is CC(N)CCC(=O)NCC1(C(C)C)CC1. The monoisotopic (exact) mass is 212 g/mol. The van der Waals surface area contributed by atoms with E-state index < -0.39 is 0 Å². The van der Waals surface area contributed by atoms with Crippen LogP contribution in [0.25, 0.3) is 0 Å². The van der Waals surface area contributed by atoms with Crippen molar-refractivity contribution in [3.05, 3.63) is 0 Å². The van der Waals surface area contributed by atoms with Crippen LogP contribution < -0.4 is 11.1 Å². The Morgan fingerprint density at radius 2 is 2.00 bits per heavy atom. The maximum atomic E-state index is 11.5. The highest BCUT2D eigenvalue weighted by Gasteiger charge is 2.45. The number of hydrogen-bond acceptors (Lipinski definition) is 2. The lowest BCUT2D eigenvalue weighted by atomic mass is 9.92. The molecule has 0 aliphatic heterocycles. The van der Waals surface area contributed by atoms with Crippen molar-refractivity contribution in [1.29, 1.82) is 0 Å². The maximum Gasteiger partial charge on any atom is 0.220 e. The molecule has 0 heterocycles. The largest absolute Gasteiger partial charge is 0.356 e. The molecular formula is C12H24N2O. The molecule has 1 aliphatic rings. The summed E-state index contributed by atoms with van der Waals surface area (Å²) in [4.78, 5) is 11.5. The fourth-order valence-corrected chi connectivity index (χ4v) is 1.84. The molecule has 0 radical (unpaired) electrons. The first kappa shape index (κ1) is 12.5. The predicted molar refractivity (Wildman–Crippen MR) is 62.4 cm³/mol. The number of carbonyl (C=O) groups is 1. The van der Waals surface area contributed by atoms with Gasteiger partial charge in [0.25, 0.3) is 0 Å². The minimum Gasteiger partial charge on any atom is -0.356 e. The Kier molecular flexibility index (Phi) is 4.14. The summed E-state index contributed by atoms with van der Waals surface area (Å²) < 4.78 is 0. The number of nitrogens with one attached hydrogen (secondary N) is 1. The van der Waals surface area contributed by atoms with Crippen molar-refractivity contribution >= 4 is 5.91 Å². The topological polar surface area (TPSA) is 55.1 Å². The van der Waals surface area contributed by atoms with E-state index in [2.05, 4.69) is 19.2 Å². The Hall–Kier alpha value is -0.570. The lowest BCUT2D eigenvalue weighted by Crippen LogP contribution is -2.33. The highest BCUT2D eigenvalue weighted by molar-refractivity contribution is 5.75. The molecule has 1 saturated carbocycles. The molecule has 1 rings (SSSR count). The first-order valence-corrected chi connectivity index (χ1v) is 5.98. The minimum absolute atomic E-state index is 0.121. The van der Waals surface area contributed by atoms with Crippen molar-refractivity contribution in [1.82, 2.24) is 5.32 Å². The number of amides is 1. The zero-order valence-electron chi connectivity index (χ0n) is 10.2. The summed E-state index contributed by atoms with van der Waals surface area (Å²) >= 11 is 0. The molecule has 1 aliphatic carbocycles. The van der Waals surface area contributed by atoms with Crippen LogP contribution in [0.1, 0.15) is 46.5 Å². The van der Waals surface area contributed by atoms with Gasteiger partial charge in [-0.1, -0.05) is 13.8 Å². The van der Waals surface area contributed by atoms with Gasteiger partial charge in [0.2, 0.25) is 5.91 Å². The van der Waals surface area contributed by atoms with Crippen molar-refractivity contribution in [2.45, 2.75) is 52.5 Å². The highest BCUT2D eigenvalue weighted by Crippen LogP contribution is 2.51. The first-order chi connectivity index (χ1) is 6.96. The third kappa shape index (κ3) is 3.82. The van der Waals surface area contributed by atoms with Crippen LogP contribution in [0.3, 0.4) is 0 Å². The van der Waals surface area contributed by atoms with Crippen LogP contribution in [-0.4, -0.2) is 18.5 Å². The van der Waals surface area contributed by atoms with Gasteiger partial charge in [-0.05, 0) is 37.5 Å². The van der Waals surface area contributed by atoms with Crippen molar-refractivity contribution in [3.8, 4) is 0 Å². The standard InChI is InChI=1S/C12H24N2O/c1-9(2)12(6-7-12)8-14-11(15)5-4-10(3)13/h9-10H,4-8,13H2,1-3H3,(H,14,15). The van der Waals surface area contributed by atoms with Gasteiger partial charge in [0.15, 0.2) is 0 Å². The van der Waals surface area contributed by atoms with E-state index >= 15 is 0 Å². The molecule has 1 amide bonds. The molecule has 1 unspecified atom stereocenters. The zero-order chi connectivity index (χ0) is 11.5. The van der Waals surface area contributed by atoms with Crippen LogP contribution in [0.5, 0.6) is 0 Å². The van der Waals surface area contributed by atoms with Crippen LogP contribution in [0.4, 0.5) is 0 Å². The third-order valence-electron chi connectivity index (χ3n) is 3.58. The maximum absolute atomic E-state index is 11.5. The van der Waals surface area contributed by atoms with E-state index in [4.69, 9.17) is 5.73 Å². The van der Waals surface area contributed by atoms with E-state index in [0.29, 0.717) is 17.8 Å². The molecule has 0 aromatic carbocycles. The van der Waals surface area contributed by atoms with Gasteiger partial charge in [0.1, 0.15) is 0 Å². The van der Waals surface area contributed by atoms with Crippen LogP contribution in [0.15, 0.2) is 0 Å². The van der Waals surface area contributed by atoms with Gasteiger partial charge >= 0.3 is 0 Å². The second-order valence-corrected chi connectivity index (χ2v) is 5.31. The summed E-state index contributed by atoms with van der Waals surface area (Å²) in [5, 5.41) is 3.03. The second kappa shape index (κ2) is 4.97. The second-order valence-electron chi connectivity index (χ2n) is 5.31. The van der Waals surface area contributed by atoms with Crippen LogP contribution in [0.2, 0.25) is 0 Å². The summed E-state index contributed by atoms with van der Waals surface area (Å²) in [5.74, 6) is 0.824. The van der Waals surface area contributed by atoms with Crippen molar-refractivity contribution in [3.63, 3.8) is 0 Å². The van der Waals surface area contributed by atoms with E-state index in [1.54, 1.807) is 0 Å². The number of hydrogen-bond donors (Lipinski definition) is 2. The summed E-state index contributed by atoms with van der Waals surface area (Å²) in [6.45, 7) is 7.26. The van der Waals surface area contributed by atoms with Crippen LogP contribution in [0, 0.1) is 11.3 Å². The number of carbonyl (C=O) groups excluding carboxylic acids is 1. The van der Waals surface area contributed by atoms with Gasteiger partial charge in [-0.25, -0.2) is 0 Å². The summed E-state index contributed by atoms with van der Waals surface area (Å²) in [6.07, 6.45) is 3.86. The average Bonchev–Trinajstić information content (AvgIpc) is 2.92. The summed E-state index contributed by atoms with van der Waals surface area (Å²) in [7, 11) is 0. The molecule has 0 bridgehead atoms. The lowest BCUT2D eigenvalue weighted by Gasteiger charge is -2.20. The van der Waals surface area contributed by atoms with Gasteiger partial charge in [-0.15, -0.1) is 0 Å². The fourth-order valence-electron chi connectivity index (χ4n) is 1.84. The van der Waals surface area contributed by atoms with Crippen molar-refractivity contribution in [2.24, 2.45) is 17.1 Å². The number of rotatable bonds is 6. The van der Waals surface area contributed by atoms with E-state index in [1.165, 1.54) is 12.8 Å². The van der Waals surface area contributed by atoms with Crippen LogP contribution in [-0.2, 0) is 4.79 Å². The molecule has 0 aromatic heterocycles. The van der Waals surface area contributed by atoms with E-state index in [-0.39, 0.29) is 11.9 Å². The molecule has 3 nitrogen and oxygen atoms in total. The normalized spacial score (nSPS) is 20.1. The first-order valence-electron chi connectivity index (χ1n) is 5.98. The predicted octanol–water partition coefficient (Wildman–Crippen LogP) is 1.67. The molecular weight excluding hydrogens is 188 g/mol. The Labute approximate surface area is 92.8 Å². The Balaban J connectivity index is 2.17. The quantitative estimate of drug-likeness (QED) is 0.703. The molecule has 1 atom stereocenters. The van der Waals surface area contributed by atoms with Crippen molar-refractivity contribution < 1.29 is 4.79 Å². The Morgan fingerprint density at radius 3 is 2.40 bits per heavy atom. The van der Waals surface area contributed by atoms with E-state index in [9.17, 15) is 4.79 Å². The van der Waals surface area contributed by atoms with Gasteiger partial charge < -0.3 is 11.1 Å². The molecule has 0 saturated heterocycles. The van der Waals surface area contributed by atoms with Crippen molar-refractivity contribution in [2.75, 3.05) is 6.54 Å². The number of nitrogens with two attached hydrogens (primary N) is 1. The minimum atomic E-state index is 0.121. The smallest absolute Gasteiger partial charge is 0.220 e. The molecule has 15 heavy (non-hydrogen) atoms. The van der Waals surface area contributed by atoms with Gasteiger partial charge in [-0.2, -0.15) is 0 Å². The molecule has 3 heteroatoms. The summed E-state index contributed by atoms with van der Waals surface area (Å²) in [5.41, 5.74) is 6.01. The fraction of sp³-hybridized carbons (Fsp3) is 0.917. The Morgan fingerprint density at radius 1 is 1.40 bits per heavy atom. The average molecular weight is 212 g/mol. The van der Waals surface area contributed by atoms with Gasteiger partial charge in [-0.3, -0.25) is 4.79 Å². The van der Waals surface area contributed by atoms with E-state index in [1.807, 2.05) is 6.92 Å². The van der Waals surface area contributed by atoms with Gasteiger partial charge in [0.05, 0.1) is 0 Å². The summed E-state index contributed by atoms with van der Waals surface area (Å²) in [6, 6.07) is 0.121. The van der Waals surface area contributed by atoms with Crippen LogP contribution >= 0.6 is 0 Å². The van der Waals surface area contributed by atoms with E-state index in [0.717, 1.165) is 13.0 Å². The molecule has 1 fully saturated rings. The lowest BCUT2D eigenvalue weighted by molar-refractivity contribution is -0.121.